The van der Waals surface area contributed by atoms with E-state index in [-0.39, 0.29) is 11.8 Å². The SMILES string of the molecule is CCOc1cc(NCC(C)OCC)cc([N+](=O)[O-])c1. The molecule has 1 aromatic carbocycles. The smallest absolute Gasteiger partial charge is 0.275 e. The Kier molecular flexibility index (Phi) is 6.08. The number of nitro benzene ring substituents is 1. The minimum Gasteiger partial charge on any atom is -0.494 e. The fourth-order valence-electron chi connectivity index (χ4n) is 1.65. The molecule has 1 aromatic rings. The van der Waals surface area contributed by atoms with E-state index in [1.165, 1.54) is 12.1 Å². The van der Waals surface area contributed by atoms with Gasteiger partial charge in [0.15, 0.2) is 0 Å². The average molecular weight is 268 g/mol. The van der Waals surface area contributed by atoms with Crippen LogP contribution in [0.15, 0.2) is 18.2 Å². The number of nitro groups is 1. The van der Waals surface area contributed by atoms with Crippen LogP contribution in [0.1, 0.15) is 20.8 Å². The molecule has 0 radical (unpaired) electrons. The van der Waals surface area contributed by atoms with Crippen molar-refractivity contribution in [3.63, 3.8) is 0 Å². The first-order chi connectivity index (χ1) is 9.06. The maximum Gasteiger partial charge on any atom is 0.275 e. The fraction of sp³-hybridized carbons (Fsp3) is 0.538. The number of anilines is 1. The molecular weight excluding hydrogens is 248 g/mol. The van der Waals surface area contributed by atoms with Gasteiger partial charge in [-0.25, -0.2) is 0 Å². The maximum absolute atomic E-state index is 10.8. The van der Waals surface area contributed by atoms with Gasteiger partial charge in [-0.15, -0.1) is 0 Å². The van der Waals surface area contributed by atoms with Crippen LogP contribution in [-0.2, 0) is 4.74 Å². The minimum atomic E-state index is -0.431. The number of hydrogen-bond donors (Lipinski definition) is 1. The summed E-state index contributed by atoms with van der Waals surface area (Å²) in [5, 5.41) is 14.0. The standard InChI is InChI=1S/C13H20N2O4/c1-4-18-10(3)9-14-11-6-12(15(16)17)8-13(7-11)19-5-2/h6-8,10,14H,4-5,9H2,1-3H3. The third-order valence-electron chi connectivity index (χ3n) is 2.46. The molecule has 0 amide bonds. The van der Waals surface area contributed by atoms with Gasteiger partial charge < -0.3 is 14.8 Å². The molecule has 6 nitrogen and oxygen atoms in total. The van der Waals surface area contributed by atoms with Crippen molar-refractivity contribution in [3.8, 4) is 5.75 Å². The lowest BCUT2D eigenvalue weighted by molar-refractivity contribution is -0.384. The van der Waals surface area contributed by atoms with Crippen LogP contribution >= 0.6 is 0 Å². The van der Waals surface area contributed by atoms with Gasteiger partial charge in [-0.1, -0.05) is 0 Å². The molecule has 1 atom stereocenters. The van der Waals surface area contributed by atoms with Gasteiger partial charge in [0.1, 0.15) is 5.75 Å². The van der Waals surface area contributed by atoms with Crippen molar-refractivity contribution in [2.75, 3.05) is 25.1 Å². The molecule has 0 saturated heterocycles. The third-order valence-corrected chi connectivity index (χ3v) is 2.46. The lowest BCUT2D eigenvalue weighted by atomic mass is 10.2. The normalized spacial score (nSPS) is 11.9. The summed E-state index contributed by atoms with van der Waals surface area (Å²) in [6, 6.07) is 4.65. The van der Waals surface area contributed by atoms with E-state index in [0.29, 0.717) is 31.2 Å². The Morgan fingerprint density at radius 2 is 2.05 bits per heavy atom. The highest BCUT2D eigenvalue weighted by Gasteiger charge is 2.11. The van der Waals surface area contributed by atoms with E-state index in [0.717, 1.165) is 0 Å². The van der Waals surface area contributed by atoms with Crippen molar-refractivity contribution < 1.29 is 14.4 Å². The minimum absolute atomic E-state index is 0.0116. The van der Waals surface area contributed by atoms with Crippen LogP contribution < -0.4 is 10.1 Å². The van der Waals surface area contributed by atoms with E-state index in [9.17, 15) is 10.1 Å². The van der Waals surface area contributed by atoms with Crippen molar-refractivity contribution in [1.82, 2.24) is 0 Å². The highest BCUT2D eigenvalue weighted by molar-refractivity contribution is 5.56. The largest absolute Gasteiger partial charge is 0.494 e. The summed E-state index contributed by atoms with van der Waals surface area (Å²) >= 11 is 0. The zero-order valence-electron chi connectivity index (χ0n) is 11.5. The van der Waals surface area contributed by atoms with E-state index in [1.807, 2.05) is 20.8 Å². The topological polar surface area (TPSA) is 73.6 Å². The zero-order valence-corrected chi connectivity index (χ0v) is 11.5. The van der Waals surface area contributed by atoms with Crippen LogP contribution in [-0.4, -0.2) is 30.8 Å². The van der Waals surface area contributed by atoms with Crippen molar-refractivity contribution in [2.45, 2.75) is 26.9 Å². The first kappa shape index (κ1) is 15.2. The average Bonchev–Trinajstić information content (AvgIpc) is 2.37. The molecule has 0 heterocycles. The Balaban J connectivity index is 2.78. The van der Waals surface area contributed by atoms with Gasteiger partial charge in [0.25, 0.3) is 5.69 Å². The zero-order chi connectivity index (χ0) is 14.3. The molecule has 1 rings (SSSR count). The molecular formula is C13H20N2O4. The Labute approximate surface area is 112 Å². The summed E-state index contributed by atoms with van der Waals surface area (Å²) in [5.41, 5.74) is 0.668. The van der Waals surface area contributed by atoms with E-state index in [1.54, 1.807) is 6.07 Å². The number of non-ortho nitro benzene ring substituents is 1. The molecule has 0 aliphatic rings. The van der Waals surface area contributed by atoms with Crippen molar-refractivity contribution >= 4 is 11.4 Å². The Morgan fingerprint density at radius 3 is 2.63 bits per heavy atom. The number of benzene rings is 1. The quantitative estimate of drug-likeness (QED) is 0.579. The summed E-state index contributed by atoms with van der Waals surface area (Å²) in [6.07, 6.45) is 0.0415. The molecule has 0 bridgehead atoms. The predicted molar refractivity (Wildman–Crippen MR) is 73.8 cm³/mol. The number of nitrogens with zero attached hydrogens (tertiary/aromatic N) is 1. The highest BCUT2D eigenvalue weighted by Crippen LogP contribution is 2.26. The first-order valence-electron chi connectivity index (χ1n) is 6.34. The van der Waals surface area contributed by atoms with E-state index in [4.69, 9.17) is 9.47 Å². The summed E-state index contributed by atoms with van der Waals surface area (Å²) in [6.45, 7) is 7.40. The van der Waals surface area contributed by atoms with Gasteiger partial charge in [-0.2, -0.15) is 0 Å². The molecule has 0 aliphatic carbocycles. The van der Waals surface area contributed by atoms with Gasteiger partial charge in [-0.3, -0.25) is 10.1 Å². The van der Waals surface area contributed by atoms with Crippen molar-refractivity contribution in [3.05, 3.63) is 28.3 Å². The number of rotatable bonds is 8. The Bertz CT molecular complexity index is 423. The lowest BCUT2D eigenvalue weighted by Crippen LogP contribution is -2.19. The second-order valence-corrected chi connectivity index (χ2v) is 4.05. The maximum atomic E-state index is 10.8. The Morgan fingerprint density at radius 1 is 1.32 bits per heavy atom. The molecule has 0 aliphatic heterocycles. The first-order valence-corrected chi connectivity index (χ1v) is 6.34. The second-order valence-electron chi connectivity index (χ2n) is 4.05. The summed E-state index contributed by atoms with van der Waals surface area (Å²) < 4.78 is 10.7. The van der Waals surface area contributed by atoms with Gasteiger partial charge in [-0.05, 0) is 20.8 Å². The second kappa shape index (κ2) is 7.58. The van der Waals surface area contributed by atoms with Gasteiger partial charge in [0.2, 0.25) is 0 Å². The molecule has 6 heteroatoms. The van der Waals surface area contributed by atoms with Gasteiger partial charge in [0.05, 0.1) is 23.7 Å². The van der Waals surface area contributed by atoms with Crippen LogP contribution in [0.2, 0.25) is 0 Å². The van der Waals surface area contributed by atoms with E-state index in [2.05, 4.69) is 5.32 Å². The van der Waals surface area contributed by atoms with Crippen LogP contribution in [0, 0.1) is 10.1 Å². The molecule has 19 heavy (non-hydrogen) atoms. The van der Waals surface area contributed by atoms with Gasteiger partial charge >= 0.3 is 0 Å². The predicted octanol–water partition coefficient (Wildman–Crippen LogP) is 2.83. The van der Waals surface area contributed by atoms with E-state index >= 15 is 0 Å². The monoisotopic (exact) mass is 268 g/mol. The number of hydrogen-bond acceptors (Lipinski definition) is 5. The van der Waals surface area contributed by atoms with Crippen LogP contribution in [0.3, 0.4) is 0 Å². The number of nitrogens with one attached hydrogen (secondary N) is 1. The van der Waals surface area contributed by atoms with E-state index < -0.39 is 4.92 Å². The van der Waals surface area contributed by atoms with Crippen LogP contribution in [0.25, 0.3) is 0 Å². The van der Waals surface area contributed by atoms with Gasteiger partial charge in [0, 0.05) is 31.0 Å². The molecule has 106 valence electrons. The molecule has 0 spiro atoms. The van der Waals surface area contributed by atoms with Crippen LogP contribution in [0.4, 0.5) is 11.4 Å². The molecule has 1 N–H and O–H groups in total. The molecule has 0 aromatic heterocycles. The fourth-order valence-corrected chi connectivity index (χ4v) is 1.65. The molecule has 0 fully saturated rings. The highest BCUT2D eigenvalue weighted by atomic mass is 16.6. The number of ether oxygens (including phenoxy) is 2. The third kappa shape index (κ3) is 5.13. The molecule has 1 unspecified atom stereocenters. The van der Waals surface area contributed by atoms with Crippen LogP contribution in [0.5, 0.6) is 5.75 Å². The lowest BCUT2D eigenvalue weighted by Gasteiger charge is -2.14. The summed E-state index contributed by atoms with van der Waals surface area (Å²) in [4.78, 5) is 10.4. The molecule has 0 saturated carbocycles. The summed E-state index contributed by atoms with van der Waals surface area (Å²) in [5.74, 6) is 0.489. The van der Waals surface area contributed by atoms with Crippen molar-refractivity contribution in [2.24, 2.45) is 0 Å². The Hall–Kier alpha value is -1.82. The summed E-state index contributed by atoms with van der Waals surface area (Å²) in [7, 11) is 0. The van der Waals surface area contributed by atoms with Crippen molar-refractivity contribution in [1.29, 1.82) is 0 Å².